The summed E-state index contributed by atoms with van der Waals surface area (Å²) in [6, 6.07) is 2.05. The first kappa shape index (κ1) is 18.4. The minimum absolute atomic E-state index is 0.00647. The van der Waals surface area contributed by atoms with Gasteiger partial charge in [-0.2, -0.15) is 0 Å². The van der Waals surface area contributed by atoms with Crippen molar-refractivity contribution < 1.29 is 14.3 Å². The van der Waals surface area contributed by atoms with E-state index in [1.165, 1.54) is 31.2 Å². The van der Waals surface area contributed by atoms with E-state index in [2.05, 4.69) is 25.9 Å². The Bertz CT molecular complexity index is 978. The average Bonchev–Trinajstić information content (AvgIpc) is 3.44. The first-order valence-corrected chi connectivity index (χ1v) is 10.8. The Labute approximate surface area is 172 Å². The largest absolute Gasteiger partial charge is 0.490 e. The molecule has 2 amide bonds. The molecule has 2 aromatic heterocycles. The van der Waals surface area contributed by atoms with Crippen molar-refractivity contribution in [1.82, 2.24) is 15.3 Å². The minimum atomic E-state index is -0.222. The fourth-order valence-corrected chi connectivity index (χ4v) is 5.35. The van der Waals surface area contributed by atoms with Crippen LogP contribution in [0.15, 0.2) is 12.4 Å². The van der Waals surface area contributed by atoms with Crippen molar-refractivity contribution in [3.63, 3.8) is 0 Å². The molecule has 2 saturated carbocycles. The lowest BCUT2D eigenvalue weighted by Gasteiger charge is -2.33. The van der Waals surface area contributed by atoms with Crippen LogP contribution >= 0.6 is 11.3 Å². The van der Waals surface area contributed by atoms with Crippen LogP contribution in [0.5, 0.6) is 5.75 Å². The number of aromatic nitrogens is 2. The molecule has 0 atom stereocenters. The van der Waals surface area contributed by atoms with Crippen molar-refractivity contribution in [1.29, 1.82) is 0 Å². The van der Waals surface area contributed by atoms with E-state index in [0.717, 1.165) is 54.0 Å². The predicted molar refractivity (Wildman–Crippen MR) is 110 cm³/mol. The van der Waals surface area contributed by atoms with Crippen molar-refractivity contribution in [3.05, 3.63) is 22.8 Å². The van der Waals surface area contributed by atoms with Gasteiger partial charge in [0.1, 0.15) is 6.33 Å². The van der Waals surface area contributed by atoms with E-state index in [1.807, 2.05) is 6.07 Å². The summed E-state index contributed by atoms with van der Waals surface area (Å²) in [5.74, 6) is 1.23. The maximum absolute atomic E-state index is 12.5. The molecule has 8 nitrogen and oxygen atoms in total. The van der Waals surface area contributed by atoms with Gasteiger partial charge in [0.15, 0.2) is 11.6 Å². The highest BCUT2D eigenvalue weighted by Gasteiger charge is 2.45. The molecule has 0 bridgehead atoms. The molecule has 2 fully saturated rings. The number of carbonyl (C=O) groups excluding carboxylic acids is 2. The number of thiophene rings is 1. The van der Waals surface area contributed by atoms with Crippen LogP contribution < -0.4 is 20.7 Å². The van der Waals surface area contributed by atoms with Gasteiger partial charge in [0.05, 0.1) is 22.5 Å². The first-order valence-electron chi connectivity index (χ1n) is 10.0. The van der Waals surface area contributed by atoms with E-state index in [1.54, 1.807) is 0 Å². The Morgan fingerprint density at radius 1 is 1.24 bits per heavy atom. The molecule has 2 aromatic rings. The van der Waals surface area contributed by atoms with Crippen molar-refractivity contribution in [2.24, 2.45) is 5.92 Å². The number of nitrogens with zero attached hydrogens (tertiary/aromatic N) is 2. The van der Waals surface area contributed by atoms with Gasteiger partial charge in [-0.25, -0.2) is 9.97 Å². The van der Waals surface area contributed by atoms with E-state index < -0.39 is 0 Å². The number of amides is 2. The zero-order valence-corrected chi connectivity index (χ0v) is 17.0. The van der Waals surface area contributed by atoms with Crippen LogP contribution in [-0.2, 0) is 10.3 Å². The topological polar surface area (TPSA) is 105 Å². The fourth-order valence-electron chi connectivity index (χ4n) is 4.29. The maximum atomic E-state index is 12.5. The van der Waals surface area contributed by atoms with Crippen LogP contribution in [0.4, 0.5) is 16.6 Å². The van der Waals surface area contributed by atoms with Crippen molar-refractivity contribution in [2.75, 3.05) is 17.7 Å². The van der Waals surface area contributed by atoms with E-state index in [0.29, 0.717) is 17.4 Å². The normalized spacial score (nSPS) is 19.6. The summed E-state index contributed by atoms with van der Waals surface area (Å²) in [4.78, 5) is 33.9. The number of rotatable bonds is 5. The minimum Gasteiger partial charge on any atom is -0.490 e. The number of fused-ring (bicyclic) bond motifs is 2. The SMILES string of the molecule is COc1c(NC(=O)C2CC2)ncnc1Nc1cc2c(s1)C(=O)NC21CCCCC1. The van der Waals surface area contributed by atoms with Gasteiger partial charge in [0.2, 0.25) is 11.7 Å². The molecule has 152 valence electrons. The highest BCUT2D eigenvalue weighted by molar-refractivity contribution is 7.18. The van der Waals surface area contributed by atoms with Crippen LogP contribution in [0.2, 0.25) is 0 Å². The zero-order valence-electron chi connectivity index (χ0n) is 16.2. The second kappa shape index (κ2) is 6.98. The fraction of sp³-hybridized carbons (Fsp3) is 0.500. The second-order valence-corrected chi connectivity index (χ2v) is 9.00. The molecular weight excluding hydrogens is 390 g/mol. The summed E-state index contributed by atoms with van der Waals surface area (Å²) in [5.41, 5.74) is 0.866. The van der Waals surface area contributed by atoms with Crippen LogP contribution in [0, 0.1) is 5.92 Å². The van der Waals surface area contributed by atoms with E-state index in [9.17, 15) is 9.59 Å². The molecule has 1 aliphatic heterocycles. The molecule has 0 radical (unpaired) electrons. The first-order chi connectivity index (χ1) is 14.1. The van der Waals surface area contributed by atoms with Crippen LogP contribution in [0.3, 0.4) is 0 Å². The Hall–Kier alpha value is -2.68. The van der Waals surface area contributed by atoms with Gasteiger partial charge < -0.3 is 20.7 Å². The van der Waals surface area contributed by atoms with Crippen LogP contribution in [0.25, 0.3) is 0 Å². The van der Waals surface area contributed by atoms with Gasteiger partial charge in [-0.3, -0.25) is 9.59 Å². The molecule has 9 heteroatoms. The molecule has 1 spiro atoms. The Balaban J connectivity index is 1.42. The molecule has 0 aromatic carbocycles. The summed E-state index contributed by atoms with van der Waals surface area (Å²) in [5, 5.41) is 10.1. The van der Waals surface area contributed by atoms with Crippen LogP contribution in [-0.4, -0.2) is 28.9 Å². The quantitative estimate of drug-likeness (QED) is 0.692. The van der Waals surface area contributed by atoms with E-state index in [4.69, 9.17) is 4.74 Å². The molecule has 5 rings (SSSR count). The molecule has 29 heavy (non-hydrogen) atoms. The van der Waals surface area contributed by atoms with Gasteiger partial charge in [0, 0.05) is 11.5 Å². The number of methoxy groups -OCH3 is 1. The van der Waals surface area contributed by atoms with Gasteiger partial charge in [-0.05, 0) is 31.7 Å². The van der Waals surface area contributed by atoms with Crippen molar-refractivity contribution in [2.45, 2.75) is 50.5 Å². The van der Waals surface area contributed by atoms with Crippen molar-refractivity contribution in [3.8, 4) is 5.75 Å². The molecular formula is C20H23N5O3S. The third-order valence-electron chi connectivity index (χ3n) is 5.95. The number of carbonyl (C=O) groups is 2. The highest BCUT2D eigenvalue weighted by atomic mass is 32.1. The average molecular weight is 414 g/mol. The van der Waals surface area contributed by atoms with E-state index in [-0.39, 0.29) is 23.3 Å². The highest BCUT2D eigenvalue weighted by Crippen LogP contribution is 2.47. The summed E-state index contributed by atoms with van der Waals surface area (Å²) >= 11 is 1.42. The lowest BCUT2D eigenvalue weighted by molar-refractivity contribution is -0.117. The molecule has 0 saturated heterocycles. The number of nitrogens with one attached hydrogen (secondary N) is 3. The Kier molecular flexibility index (Phi) is 4.42. The van der Waals surface area contributed by atoms with Gasteiger partial charge in [0.25, 0.3) is 5.91 Å². The van der Waals surface area contributed by atoms with Crippen molar-refractivity contribution >= 4 is 39.8 Å². The third-order valence-corrected chi connectivity index (χ3v) is 7.00. The third kappa shape index (κ3) is 3.23. The lowest BCUT2D eigenvalue weighted by Crippen LogP contribution is -2.40. The van der Waals surface area contributed by atoms with Gasteiger partial charge in [-0.1, -0.05) is 19.3 Å². The molecule has 3 heterocycles. The number of anilines is 3. The Morgan fingerprint density at radius 2 is 2.00 bits per heavy atom. The standard InChI is InChI=1S/C20H23N5O3S/c1-28-14-16(21-10-22-17(14)24-18(26)11-5-6-11)23-13-9-12-15(29-13)19(27)25-20(12)7-3-2-4-8-20/h9-11H,2-8H2,1H3,(H,25,27)(H2,21,22,23,24,26). The molecule has 3 aliphatic rings. The predicted octanol–water partition coefficient (Wildman–Crippen LogP) is 3.54. The molecule has 2 aliphatic carbocycles. The summed E-state index contributed by atoms with van der Waals surface area (Å²) < 4.78 is 5.48. The molecule has 3 N–H and O–H groups in total. The Morgan fingerprint density at radius 3 is 2.72 bits per heavy atom. The summed E-state index contributed by atoms with van der Waals surface area (Å²) in [6.07, 6.45) is 8.65. The van der Waals surface area contributed by atoms with Gasteiger partial charge in [-0.15, -0.1) is 11.3 Å². The summed E-state index contributed by atoms with van der Waals surface area (Å²) in [6.45, 7) is 0. The summed E-state index contributed by atoms with van der Waals surface area (Å²) in [7, 11) is 1.52. The monoisotopic (exact) mass is 413 g/mol. The number of hydrogen-bond acceptors (Lipinski definition) is 7. The second-order valence-electron chi connectivity index (χ2n) is 7.94. The molecule has 0 unspecified atom stereocenters. The number of hydrogen-bond donors (Lipinski definition) is 3. The van der Waals surface area contributed by atoms with Crippen LogP contribution in [0.1, 0.15) is 60.2 Å². The van der Waals surface area contributed by atoms with Gasteiger partial charge >= 0.3 is 0 Å². The lowest BCUT2D eigenvalue weighted by atomic mass is 9.78. The number of ether oxygens (including phenoxy) is 1. The maximum Gasteiger partial charge on any atom is 0.262 e. The smallest absolute Gasteiger partial charge is 0.262 e. The zero-order chi connectivity index (χ0) is 20.0. The van der Waals surface area contributed by atoms with E-state index >= 15 is 0 Å².